The molecule has 1 amide bonds. The van der Waals surface area contributed by atoms with Crippen molar-refractivity contribution in [3.05, 3.63) is 63.1 Å². The Balaban J connectivity index is 0.00000289. The second-order valence-corrected chi connectivity index (χ2v) is 9.33. The van der Waals surface area contributed by atoms with E-state index in [9.17, 15) is 4.79 Å². The van der Waals surface area contributed by atoms with Crippen LogP contribution in [0.25, 0.3) is 0 Å². The third kappa shape index (κ3) is 5.52. The zero-order chi connectivity index (χ0) is 22.0. The molecule has 172 valence electrons. The van der Waals surface area contributed by atoms with Crippen molar-refractivity contribution in [1.29, 1.82) is 0 Å². The molecule has 2 aromatic rings. The molecule has 9 heteroatoms. The Kier molecular flexibility index (Phi) is 8.70. The minimum Gasteiger partial charge on any atom is -0.284 e. The van der Waals surface area contributed by atoms with E-state index in [4.69, 9.17) is 39.9 Å². The first-order valence-electron chi connectivity index (χ1n) is 10.6. The highest BCUT2D eigenvalue weighted by Crippen LogP contribution is 2.42. The molecule has 2 aliphatic rings. The van der Waals surface area contributed by atoms with Gasteiger partial charge in [-0.05, 0) is 48.7 Å². The number of benzene rings is 2. The van der Waals surface area contributed by atoms with Crippen molar-refractivity contribution >= 4 is 64.5 Å². The van der Waals surface area contributed by atoms with Crippen molar-refractivity contribution in [3.63, 3.8) is 0 Å². The van der Waals surface area contributed by atoms with Gasteiger partial charge in [-0.1, -0.05) is 66.7 Å². The highest BCUT2D eigenvalue weighted by molar-refractivity contribution is 6.41. The van der Waals surface area contributed by atoms with E-state index in [-0.39, 0.29) is 30.3 Å². The second-order valence-electron chi connectivity index (χ2n) is 8.05. The van der Waals surface area contributed by atoms with E-state index in [1.165, 1.54) is 12.8 Å². The van der Waals surface area contributed by atoms with Crippen LogP contribution >= 0.6 is 47.2 Å². The summed E-state index contributed by atoms with van der Waals surface area (Å²) in [7, 11) is 0. The smallest absolute Gasteiger partial charge is 0.282 e. The maximum atomic E-state index is 13.2. The molecule has 0 spiro atoms. The summed E-state index contributed by atoms with van der Waals surface area (Å²) in [5.74, 6) is -0.319. The van der Waals surface area contributed by atoms with E-state index in [1.807, 2.05) is 47.3 Å². The quantitative estimate of drug-likeness (QED) is 0.503. The summed E-state index contributed by atoms with van der Waals surface area (Å²) in [6, 6.07) is 12.7. The molecule has 0 aliphatic carbocycles. The summed E-state index contributed by atoms with van der Waals surface area (Å²) in [5, 5.41) is 10.3. The van der Waals surface area contributed by atoms with Crippen LogP contribution in [-0.2, 0) is 4.79 Å². The van der Waals surface area contributed by atoms with E-state index >= 15 is 0 Å². The maximum absolute atomic E-state index is 13.2. The number of hydrogen-bond donors (Lipinski definition) is 1. The molecule has 2 aliphatic heterocycles. The molecule has 1 fully saturated rings. The van der Waals surface area contributed by atoms with Crippen LogP contribution in [-0.4, -0.2) is 29.7 Å². The predicted octanol–water partition coefficient (Wildman–Crippen LogP) is 6.53. The lowest BCUT2D eigenvalue weighted by Crippen LogP contribution is -2.46. The van der Waals surface area contributed by atoms with Gasteiger partial charge in [-0.3, -0.25) is 15.2 Å². The lowest BCUT2D eigenvalue weighted by atomic mass is 9.91. The van der Waals surface area contributed by atoms with Gasteiger partial charge in [-0.25, -0.2) is 5.01 Å². The van der Waals surface area contributed by atoms with Crippen LogP contribution < -0.4 is 10.4 Å². The first kappa shape index (κ1) is 25.1. The molecule has 32 heavy (non-hydrogen) atoms. The first-order chi connectivity index (χ1) is 14.9. The summed E-state index contributed by atoms with van der Waals surface area (Å²) < 4.78 is 0. The van der Waals surface area contributed by atoms with E-state index in [0.29, 0.717) is 26.5 Å². The molecule has 2 aromatic carbocycles. The van der Waals surface area contributed by atoms with Gasteiger partial charge in [0.05, 0.1) is 16.8 Å². The molecule has 1 N–H and O–H groups in total. The molecule has 2 atom stereocenters. The highest BCUT2D eigenvalue weighted by Gasteiger charge is 2.40. The van der Waals surface area contributed by atoms with Crippen molar-refractivity contribution in [1.82, 2.24) is 10.4 Å². The van der Waals surface area contributed by atoms with Crippen LogP contribution in [0.3, 0.4) is 0 Å². The Morgan fingerprint density at radius 3 is 2.22 bits per heavy atom. The van der Waals surface area contributed by atoms with Crippen LogP contribution in [0.4, 0.5) is 5.69 Å². The topological polar surface area (TPSA) is 47.9 Å². The van der Waals surface area contributed by atoms with Gasteiger partial charge in [0, 0.05) is 29.1 Å². The molecule has 4 rings (SSSR count). The largest absolute Gasteiger partial charge is 0.284 e. The van der Waals surface area contributed by atoms with Gasteiger partial charge in [0.2, 0.25) is 0 Å². The number of hydrogen-bond acceptors (Lipinski definition) is 4. The molecular formula is C23H26Cl4N4O. The standard InChI is InChI=1S/C23H25Cl3N4O.ClH/c1-15-21(23(31)28-29-12-4-2-3-5-13-29)27-30(20-11-10-18(25)14-19(20)26)22(15)16-6-8-17(24)9-7-16;/h6-11,14-15,22H,2-5,12-13H2,1H3,(H,28,31);1H/t15-,22-;/m0./s1. The normalized spacial score (nSPS) is 21.5. The maximum Gasteiger partial charge on any atom is 0.282 e. The molecule has 1 saturated heterocycles. The predicted molar refractivity (Wildman–Crippen MR) is 135 cm³/mol. The van der Waals surface area contributed by atoms with Crippen molar-refractivity contribution in [3.8, 4) is 0 Å². The SMILES string of the molecule is C[C@H]1C(C(=O)NN2CCCCCC2)=NN(c2ccc(Cl)cc2Cl)[C@@H]1c1ccc(Cl)cc1.Cl. The lowest BCUT2D eigenvalue weighted by Gasteiger charge is -2.27. The Hall–Kier alpha value is -1.50. The molecule has 0 saturated carbocycles. The van der Waals surface area contributed by atoms with Crippen LogP contribution in [0.1, 0.15) is 44.2 Å². The number of nitrogens with one attached hydrogen (secondary N) is 1. The van der Waals surface area contributed by atoms with E-state index in [2.05, 4.69) is 5.43 Å². The van der Waals surface area contributed by atoms with Crippen molar-refractivity contribution in [2.24, 2.45) is 11.0 Å². The fourth-order valence-corrected chi connectivity index (χ4v) is 4.85. The highest BCUT2D eigenvalue weighted by atomic mass is 35.5. The van der Waals surface area contributed by atoms with Crippen LogP contribution in [0.15, 0.2) is 47.6 Å². The number of rotatable bonds is 4. The van der Waals surface area contributed by atoms with Gasteiger partial charge >= 0.3 is 0 Å². The summed E-state index contributed by atoms with van der Waals surface area (Å²) in [6.45, 7) is 3.74. The lowest BCUT2D eigenvalue weighted by molar-refractivity contribution is -0.119. The number of carbonyl (C=O) groups excluding carboxylic acids is 1. The third-order valence-electron chi connectivity index (χ3n) is 5.85. The number of anilines is 1. The van der Waals surface area contributed by atoms with Gasteiger partial charge in [0.15, 0.2) is 0 Å². The van der Waals surface area contributed by atoms with Crippen LogP contribution in [0.2, 0.25) is 15.1 Å². The number of amides is 1. The summed E-state index contributed by atoms with van der Waals surface area (Å²) in [5.41, 5.74) is 5.26. The molecule has 0 aromatic heterocycles. The second kappa shape index (κ2) is 11.1. The Labute approximate surface area is 210 Å². The van der Waals surface area contributed by atoms with Crippen LogP contribution in [0.5, 0.6) is 0 Å². The fourth-order valence-electron chi connectivity index (χ4n) is 4.23. The Bertz CT molecular complexity index is 974. The summed E-state index contributed by atoms with van der Waals surface area (Å²) >= 11 is 18.7. The molecular weight excluding hydrogens is 490 g/mol. The van der Waals surface area contributed by atoms with Gasteiger partial charge < -0.3 is 0 Å². The van der Waals surface area contributed by atoms with Gasteiger partial charge in [0.1, 0.15) is 5.71 Å². The van der Waals surface area contributed by atoms with Gasteiger partial charge in [-0.15, -0.1) is 12.4 Å². The van der Waals surface area contributed by atoms with E-state index in [1.54, 1.807) is 12.1 Å². The first-order valence-corrected chi connectivity index (χ1v) is 11.7. The Morgan fingerprint density at radius 2 is 1.59 bits per heavy atom. The molecule has 0 radical (unpaired) electrons. The number of halogens is 4. The average Bonchev–Trinajstić information content (AvgIpc) is 2.89. The van der Waals surface area contributed by atoms with Crippen molar-refractivity contribution in [2.75, 3.05) is 18.1 Å². The monoisotopic (exact) mass is 514 g/mol. The molecule has 2 heterocycles. The number of hydrazine groups is 1. The molecule has 0 unspecified atom stereocenters. The summed E-state index contributed by atoms with van der Waals surface area (Å²) in [6.07, 6.45) is 4.57. The zero-order valence-electron chi connectivity index (χ0n) is 17.7. The van der Waals surface area contributed by atoms with E-state index < -0.39 is 0 Å². The van der Waals surface area contributed by atoms with Gasteiger partial charge in [0.25, 0.3) is 5.91 Å². The fraction of sp³-hybridized carbons (Fsp3) is 0.391. The number of hydrazone groups is 1. The number of carbonyl (C=O) groups is 1. The van der Waals surface area contributed by atoms with E-state index in [0.717, 1.165) is 31.5 Å². The summed E-state index contributed by atoms with van der Waals surface area (Å²) in [4.78, 5) is 13.2. The van der Waals surface area contributed by atoms with Crippen molar-refractivity contribution < 1.29 is 4.79 Å². The Morgan fingerprint density at radius 1 is 0.969 bits per heavy atom. The van der Waals surface area contributed by atoms with Crippen LogP contribution in [0, 0.1) is 5.92 Å². The van der Waals surface area contributed by atoms with Gasteiger partial charge in [-0.2, -0.15) is 5.10 Å². The zero-order valence-corrected chi connectivity index (χ0v) is 20.8. The van der Waals surface area contributed by atoms with Crippen molar-refractivity contribution in [2.45, 2.75) is 38.6 Å². The molecule has 0 bridgehead atoms. The number of nitrogens with zero attached hydrogens (tertiary/aromatic N) is 3. The minimum atomic E-state index is -0.194. The molecule has 5 nitrogen and oxygen atoms in total. The minimum absolute atomic E-state index is 0. The average molecular weight is 516 g/mol. The third-order valence-corrected chi connectivity index (χ3v) is 6.64.